The van der Waals surface area contributed by atoms with Crippen LogP contribution in [0.3, 0.4) is 0 Å². The van der Waals surface area contributed by atoms with Gasteiger partial charge < -0.3 is 14.8 Å². The Balaban J connectivity index is 1.46. The van der Waals surface area contributed by atoms with Gasteiger partial charge in [0.05, 0.1) is 18.9 Å². The molecule has 8 heteroatoms. The lowest BCUT2D eigenvalue weighted by Gasteiger charge is -2.26. The van der Waals surface area contributed by atoms with Crippen LogP contribution in [0.15, 0.2) is 30.3 Å². The van der Waals surface area contributed by atoms with Crippen molar-refractivity contribution in [3.63, 3.8) is 0 Å². The van der Waals surface area contributed by atoms with E-state index in [2.05, 4.69) is 22.2 Å². The van der Waals surface area contributed by atoms with Crippen LogP contribution in [0.4, 0.5) is 0 Å². The normalized spacial score (nSPS) is 14.7. The van der Waals surface area contributed by atoms with Gasteiger partial charge in [0.25, 0.3) is 0 Å². The number of nitrogens with zero attached hydrogens (tertiary/aromatic N) is 3. The molecule has 0 spiro atoms. The van der Waals surface area contributed by atoms with Gasteiger partial charge in [-0.3, -0.25) is 14.4 Å². The van der Waals surface area contributed by atoms with E-state index in [1.54, 1.807) is 10.8 Å². The molecule has 2 heterocycles. The Kier molecular flexibility index (Phi) is 9.59. The highest BCUT2D eigenvalue weighted by Crippen LogP contribution is 2.21. The fourth-order valence-corrected chi connectivity index (χ4v) is 3.80. The number of aryl methyl sites for hydroxylation is 2. The van der Waals surface area contributed by atoms with E-state index in [9.17, 15) is 4.79 Å². The Morgan fingerprint density at radius 2 is 2.12 bits per heavy atom. The summed E-state index contributed by atoms with van der Waals surface area (Å²) in [5, 5.41) is 7.94. The Bertz CT molecular complexity index is 907. The minimum absolute atomic E-state index is 0.180. The number of amides is 1. The zero-order chi connectivity index (χ0) is 22.8. The van der Waals surface area contributed by atoms with E-state index in [0.29, 0.717) is 18.3 Å². The van der Waals surface area contributed by atoms with Gasteiger partial charge in [0.1, 0.15) is 17.5 Å². The molecule has 0 bridgehead atoms. The van der Waals surface area contributed by atoms with Crippen molar-refractivity contribution in [2.45, 2.75) is 39.8 Å². The maximum absolute atomic E-state index is 12.3. The van der Waals surface area contributed by atoms with E-state index < -0.39 is 0 Å². The quantitative estimate of drug-likeness (QED) is 0.518. The number of benzene rings is 1. The lowest BCUT2D eigenvalue weighted by Crippen LogP contribution is -2.38. The van der Waals surface area contributed by atoms with Gasteiger partial charge >= 0.3 is 0 Å². The van der Waals surface area contributed by atoms with Crippen LogP contribution in [-0.2, 0) is 22.6 Å². The van der Waals surface area contributed by atoms with Crippen molar-refractivity contribution < 1.29 is 14.3 Å². The van der Waals surface area contributed by atoms with Crippen LogP contribution in [0, 0.1) is 6.92 Å². The Labute approximate surface area is 195 Å². The van der Waals surface area contributed by atoms with E-state index in [0.717, 1.165) is 74.8 Å². The summed E-state index contributed by atoms with van der Waals surface area (Å²) in [6.45, 7) is 10.2. The minimum atomic E-state index is -0.180. The van der Waals surface area contributed by atoms with Crippen molar-refractivity contribution in [2.24, 2.45) is 0 Å². The molecule has 1 aromatic carbocycles. The smallest absolute Gasteiger partial charge is 0.244 e. The zero-order valence-electron chi connectivity index (χ0n) is 19.0. The standard InChI is InChI=1S/C24H33ClN4O3/c1-3-4-10-29-24(25)22(19(2)27-29)8-9-23(30)26-18-20-6-5-7-21(17-20)32-16-13-28-11-14-31-15-12-28/h5-9,17H,3-4,10-16,18H2,1-2H3,(H,26,30)/b9-8+. The highest BCUT2D eigenvalue weighted by molar-refractivity contribution is 6.31. The second-order valence-corrected chi connectivity index (χ2v) is 8.23. The van der Waals surface area contributed by atoms with Crippen molar-refractivity contribution in [2.75, 3.05) is 39.5 Å². The number of ether oxygens (including phenoxy) is 2. The summed E-state index contributed by atoms with van der Waals surface area (Å²) in [6, 6.07) is 7.81. The SMILES string of the molecule is CCCCn1nc(C)c(/C=C/C(=O)NCc2cccc(OCCN3CCOCC3)c2)c1Cl. The van der Waals surface area contributed by atoms with Crippen molar-refractivity contribution in [1.82, 2.24) is 20.0 Å². The molecular formula is C24H33ClN4O3. The molecule has 0 aliphatic carbocycles. The average molecular weight is 461 g/mol. The second-order valence-electron chi connectivity index (χ2n) is 7.87. The first-order chi connectivity index (χ1) is 15.6. The van der Waals surface area contributed by atoms with Crippen molar-refractivity contribution in [1.29, 1.82) is 0 Å². The number of morpholine rings is 1. The zero-order valence-corrected chi connectivity index (χ0v) is 19.7. The van der Waals surface area contributed by atoms with Crippen molar-refractivity contribution in [3.05, 3.63) is 52.3 Å². The first-order valence-corrected chi connectivity index (χ1v) is 11.6. The highest BCUT2D eigenvalue weighted by Gasteiger charge is 2.11. The lowest BCUT2D eigenvalue weighted by atomic mass is 10.2. The van der Waals surface area contributed by atoms with Crippen molar-refractivity contribution >= 4 is 23.6 Å². The fraction of sp³-hybridized carbons (Fsp3) is 0.500. The molecule has 1 aromatic heterocycles. The summed E-state index contributed by atoms with van der Waals surface area (Å²) in [4.78, 5) is 14.6. The van der Waals surface area contributed by atoms with Crippen LogP contribution in [0.25, 0.3) is 6.08 Å². The highest BCUT2D eigenvalue weighted by atomic mass is 35.5. The molecule has 0 radical (unpaired) electrons. The first kappa shape index (κ1) is 24.3. The summed E-state index contributed by atoms with van der Waals surface area (Å²) < 4.78 is 13.0. The van der Waals surface area contributed by atoms with Crippen LogP contribution in [0.2, 0.25) is 5.15 Å². The molecule has 1 N–H and O–H groups in total. The molecule has 0 unspecified atom stereocenters. The molecule has 1 fully saturated rings. The van der Waals surface area contributed by atoms with Gasteiger partial charge in [-0.05, 0) is 37.1 Å². The number of hydrogen-bond acceptors (Lipinski definition) is 5. The van der Waals surface area contributed by atoms with E-state index in [1.165, 1.54) is 6.08 Å². The van der Waals surface area contributed by atoms with E-state index in [1.807, 2.05) is 31.2 Å². The molecular weight excluding hydrogens is 428 g/mol. The second kappa shape index (κ2) is 12.6. The van der Waals surface area contributed by atoms with Gasteiger partial charge in [-0.15, -0.1) is 0 Å². The monoisotopic (exact) mass is 460 g/mol. The van der Waals surface area contributed by atoms with Crippen molar-refractivity contribution in [3.8, 4) is 5.75 Å². The molecule has 3 rings (SSSR count). The molecule has 2 aromatic rings. The largest absolute Gasteiger partial charge is 0.492 e. The lowest BCUT2D eigenvalue weighted by molar-refractivity contribution is -0.116. The number of carbonyl (C=O) groups is 1. The average Bonchev–Trinajstić information content (AvgIpc) is 3.08. The van der Waals surface area contributed by atoms with Gasteiger partial charge in [0.15, 0.2) is 0 Å². The summed E-state index contributed by atoms with van der Waals surface area (Å²) >= 11 is 6.42. The maximum atomic E-state index is 12.3. The number of aromatic nitrogens is 2. The van der Waals surface area contributed by atoms with Crippen LogP contribution in [0.5, 0.6) is 5.75 Å². The van der Waals surface area contributed by atoms with E-state index in [-0.39, 0.29) is 5.91 Å². The molecule has 1 aliphatic rings. The summed E-state index contributed by atoms with van der Waals surface area (Å²) in [5.74, 6) is 0.628. The number of nitrogens with one attached hydrogen (secondary N) is 1. The van der Waals surface area contributed by atoms with Crippen LogP contribution >= 0.6 is 11.6 Å². The Morgan fingerprint density at radius 1 is 1.31 bits per heavy atom. The van der Waals surface area contributed by atoms with Gasteiger partial charge in [-0.1, -0.05) is 37.1 Å². The third-order valence-electron chi connectivity index (χ3n) is 5.38. The Morgan fingerprint density at radius 3 is 2.91 bits per heavy atom. The summed E-state index contributed by atoms with van der Waals surface area (Å²) in [7, 11) is 0. The topological polar surface area (TPSA) is 68.6 Å². The predicted molar refractivity (Wildman–Crippen MR) is 127 cm³/mol. The van der Waals surface area contributed by atoms with E-state index in [4.69, 9.17) is 21.1 Å². The molecule has 1 saturated heterocycles. The summed E-state index contributed by atoms with van der Waals surface area (Å²) in [5.41, 5.74) is 2.59. The molecule has 1 amide bonds. The van der Waals surface area contributed by atoms with Crippen LogP contribution < -0.4 is 10.1 Å². The first-order valence-electron chi connectivity index (χ1n) is 11.3. The van der Waals surface area contributed by atoms with Gasteiger partial charge in [-0.25, -0.2) is 0 Å². The van der Waals surface area contributed by atoms with E-state index >= 15 is 0 Å². The fourth-order valence-electron chi connectivity index (χ4n) is 3.48. The maximum Gasteiger partial charge on any atom is 0.244 e. The minimum Gasteiger partial charge on any atom is -0.492 e. The van der Waals surface area contributed by atoms with Gasteiger partial charge in [0, 0.05) is 44.4 Å². The number of unbranched alkanes of at least 4 members (excludes halogenated alkanes) is 1. The van der Waals surface area contributed by atoms with Gasteiger partial charge in [-0.2, -0.15) is 5.10 Å². The third kappa shape index (κ3) is 7.36. The van der Waals surface area contributed by atoms with Gasteiger partial charge in [0.2, 0.25) is 5.91 Å². The molecule has 1 aliphatic heterocycles. The third-order valence-corrected chi connectivity index (χ3v) is 5.78. The summed E-state index contributed by atoms with van der Waals surface area (Å²) in [6.07, 6.45) is 5.32. The van der Waals surface area contributed by atoms with Crippen LogP contribution in [0.1, 0.15) is 36.6 Å². The number of rotatable bonds is 11. The molecule has 7 nitrogen and oxygen atoms in total. The molecule has 0 atom stereocenters. The number of hydrogen-bond donors (Lipinski definition) is 1. The predicted octanol–water partition coefficient (Wildman–Crippen LogP) is 3.69. The number of carbonyl (C=O) groups excluding carboxylic acids is 1. The molecule has 174 valence electrons. The molecule has 0 saturated carbocycles. The van der Waals surface area contributed by atoms with Crippen LogP contribution in [-0.4, -0.2) is 60.0 Å². The Hall–Kier alpha value is -2.35. The number of halogens is 1. The molecule has 32 heavy (non-hydrogen) atoms.